The first-order chi connectivity index (χ1) is 8.93. The van der Waals surface area contributed by atoms with Crippen LogP contribution >= 0.6 is 0 Å². The van der Waals surface area contributed by atoms with Gasteiger partial charge in [0.05, 0.1) is 0 Å². The topological polar surface area (TPSA) is 148 Å². The van der Waals surface area contributed by atoms with Crippen LogP contribution in [0.4, 0.5) is 0 Å². The van der Waals surface area contributed by atoms with E-state index in [1.165, 1.54) is 0 Å². The minimum absolute atomic E-state index is 0. The van der Waals surface area contributed by atoms with E-state index < -0.39 is 0 Å². The minimum Gasteiger partial charge on any atom is -0.443 e. The predicted octanol–water partition coefficient (Wildman–Crippen LogP) is -0.0926. The second-order valence-corrected chi connectivity index (χ2v) is 3.72. The fourth-order valence-corrected chi connectivity index (χ4v) is 1.67. The third kappa shape index (κ3) is 5.01. The third-order valence-corrected chi connectivity index (χ3v) is 2.55. The Bertz CT molecular complexity index is 646. The van der Waals surface area contributed by atoms with Crippen molar-refractivity contribution in [1.29, 1.82) is 0 Å². The molecule has 22 heavy (non-hydrogen) atoms. The van der Waals surface area contributed by atoms with Crippen LogP contribution in [0, 0.1) is 0 Å². The molecule has 112 valence electrons. The standard InChI is InChI=1S/2C7H5N2.3H2O.Zn/c2*1-2-4-7-6(3-1)8-5-9-7;;;;/h2*1-5H;3*1H2;/q2*-1;;;;+2. The Morgan fingerprint density at radius 2 is 0.955 bits per heavy atom. The minimum atomic E-state index is 0. The van der Waals surface area contributed by atoms with Gasteiger partial charge in [-0.05, 0) is 22.1 Å². The molecule has 0 saturated carbocycles. The smallest absolute Gasteiger partial charge is 0.443 e. The number of hydrogen-bond donors (Lipinski definition) is 0. The van der Waals surface area contributed by atoms with E-state index in [0.29, 0.717) is 0 Å². The van der Waals surface area contributed by atoms with E-state index in [1.54, 1.807) is 12.7 Å². The molecule has 0 unspecified atom stereocenters. The van der Waals surface area contributed by atoms with Gasteiger partial charge in [0.2, 0.25) is 0 Å². The Labute approximate surface area is 139 Å². The summed E-state index contributed by atoms with van der Waals surface area (Å²) in [5.41, 5.74) is 3.88. The van der Waals surface area contributed by atoms with Crippen LogP contribution in [0.2, 0.25) is 0 Å². The first-order valence-corrected chi connectivity index (χ1v) is 5.58. The molecule has 8 heteroatoms. The van der Waals surface area contributed by atoms with Crippen LogP contribution in [0.3, 0.4) is 0 Å². The van der Waals surface area contributed by atoms with Crippen molar-refractivity contribution in [3.8, 4) is 0 Å². The van der Waals surface area contributed by atoms with Gasteiger partial charge in [-0.2, -0.15) is 0 Å². The second kappa shape index (κ2) is 10.6. The van der Waals surface area contributed by atoms with E-state index in [0.717, 1.165) is 22.1 Å². The van der Waals surface area contributed by atoms with Gasteiger partial charge < -0.3 is 36.4 Å². The summed E-state index contributed by atoms with van der Waals surface area (Å²) in [5.74, 6) is 0. The number of benzene rings is 2. The zero-order valence-electron chi connectivity index (χ0n) is 11.8. The molecule has 0 fully saturated rings. The maximum absolute atomic E-state index is 4.01. The first kappa shape index (κ1) is 22.2. The van der Waals surface area contributed by atoms with Gasteiger partial charge in [0.1, 0.15) is 0 Å². The van der Waals surface area contributed by atoms with E-state index >= 15 is 0 Å². The molecule has 0 aliphatic heterocycles. The molecule has 2 heterocycles. The van der Waals surface area contributed by atoms with Crippen molar-refractivity contribution in [2.24, 2.45) is 0 Å². The molecule has 0 bridgehead atoms. The van der Waals surface area contributed by atoms with Gasteiger partial charge in [-0.1, -0.05) is 61.2 Å². The van der Waals surface area contributed by atoms with Gasteiger partial charge >= 0.3 is 19.5 Å². The molecule has 0 aliphatic rings. The van der Waals surface area contributed by atoms with Crippen LogP contribution in [0.5, 0.6) is 0 Å². The van der Waals surface area contributed by atoms with Crippen molar-refractivity contribution in [3.63, 3.8) is 0 Å². The van der Waals surface area contributed by atoms with Crippen LogP contribution in [-0.4, -0.2) is 26.4 Å². The Morgan fingerprint density at radius 1 is 0.591 bits per heavy atom. The Morgan fingerprint density at radius 3 is 1.32 bits per heavy atom. The van der Waals surface area contributed by atoms with Crippen LogP contribution in [0.25, 0.3) is 22.1 Å². The van der Waals surface area contributed by atoms with E-state index in [9.17, 15) is 0 Å². The zero-order chi connectivity index (χ0) is 12.2. The summed E-state index contributed by atoms with van der Waals surface area (Å²) in [5, 5.41) is 0. The Hall–Kier alpha value is -2.12. The molecule has 0 radical (unpaired) electrons. The molecule has 0 atom stereocenters. The normalized spacial score (nSPS) is 8.36. The average molecular weight is 354 g/mol. The SMILES string of the molecule is O.O.O.[Zn+2].c1ccc2[n-]cnc2c1.c1ccc2[n-]cnc2c1. The van der Waals surface area contributed by atoms with Gasteiger partial charge in [-0.25, -0.2) is 0 Å². The van der Waals surface area contributed by atoms with Gasteiger partial charge in [0, 0.05) is 0 Å². The monoisotopic (exact) mass is 352 g/mol. The average Bonchev–Trinajstić information content (AvgIpc) is 3.08. The summed E-state index contributed by atoms with van der Waals surface area (Å²) in [6.07, 6.45) is 3.15. The maximum Gasteiger partial charge on any atom is 2.00 e. The van der Waals surface area contributed by atoms with Crippen LogP contribution < -0.4 is 9.97 Å². The number of fused-ring (bicyclic) bond motifs is 2. The molecule has 4 rings (SSSR count). The van der Waals surface area contributed by atoms with E-state index in [2.05, 4.69) is 19.9 Å². The maximum atomic E-state index is 4.01. The summed E-state index contributed by atoms with van der Waals surface area (Å²) in [4.78, 5) is 16.0. The van der Waals surface area contributed by atoms with Crippen LogP contribution in [0.1, 0.15) is 0 Å². The summed E-state index contributed by atoms with van der Waals surface area (Å²) in [7, 11) is 0. The van der Waals surface area contributed by atoms with Gasteiger partial charge in [0.15, 0.2) is 0 Å². The molecule has 4 aromatic rings. The third-order valence-electron chi connectivity index (χ3n) is 2.55. The first-order valence-electron chi connectivity index (χ1n) is 5.58. The van der Waals surface area contributed by atoms with Gasteiger partial charge in [0.25, 0.3) is 0 Å². The number of nitrogens with zero attached hydrogens (tertiary/aromatic N) is 4. The van der Waals surface area contributed by atoms with E-state index in [4.69, 9.17) is 0 Å². The fraction of sp³-hybridized carbons (Fsp3) is 0. The molecule has 0 aliphatic carbocycles. The van der Waals surface area contributed by atoms with Crippen LogP contribution in [-0.2, 0) is 19.5 Å². The van der Waals surface area contributed by atoms with Crippen molar-refractivity contribution < 1.29 is 35.9 Å². The molecule has 6 N–H and O–H groups in total. The summed E-state index contributed by atoms with van der Waals surface area (Å²) >= 11 is 0. The molecule has 2 aromatic heterocycles. The van der Waals surface area contributed by atoms with E-state index in [1.807, 2.05) is 48.5 Å². The van der Waals surface area contributed by atoms with Gasteiger partial charge in [-0.3, -0.25) is 0 Å². The van der Waals surface area contributed by atoms with Crippen molar-refractivity contribution in [1.82, 2.24) is 19.9 Å². The Balaban J connectivity index is 0. The largest absolute Gasteiger partial charge is 2.00 e. The molecule has 2 aromatic carbocycles. The van der Waals surface area contributed by atoms with Crippen molar-refractivity contribution in [3.05, 3.63) is 61.2 Å². The van der Waals surface area contributed by atoms with Gasteiger partial charge in [-0.15, -0.1) is 0 Å². The molecule has 0 amide bonds. The quantitative estimate of drug-likeness (QED) is 0.406. The predicted molar refractivity (Wildman–Crippen MR) is 81.0 cm³/mol. The zero-order valence-corrected chi connectivity index (χ0v) is 14.7. The van der Waals surface area contributed by atoms with Crippen LogP contribution in [0.15, 0.2) is 61.2 Å². The number of rotatable bonds is 0. The number of aromatic nitrogens is 4. The number of hydrogen-bond acceptors (Lipinski definition) is 2. The molecule has 0 spiro atoms. The molecular weight excluding hydrogens is 338 g/mol. The van der Waals surface area contributed by atoms with Crippen molar-refractivity contribution >= 4 is 22.1 Å². The molecular formula is C14H16N4O3Zn. The molecule has 7 nitrogen and oxygen atoms in total. The second-order valence-electron chi connectivity index (χ2n) is 3.72. The van der Waals surface area contributed by atoms with Crippen molar-refractivity contribution in [2.45, 2.75) is 0 Å². The fourth-order valence-electron chi connectivity index (χ4n) is 1.67. The summed E-state index contributed by atoms with van der Waals surface area (Å²) in [6.45, 7) is 0. The van der Waals surface area contributed by atoms with E-state index in [-0.39, 0.29) is 35.9 Å². The number of para-hydroxylation sites is 4. The summed E-state index contributed by atoms with van der Waals surface area (Å²) < 4.78 is 0. The Kier molecular flexibility index (Phi) is 10.7. The molecule has 0 saturated heterocycles. The van der Waals surface area contributed by atoms with Crippen molar-refractivity contribution in [2.75, 3.05) is 0 Å². The summed E-state index contributed by atoms with van der Waals surface area (Å²) in [6, 6.07) is 15.6. The number of imidazole rings is 2.